The minimum Gasteiger partial charge on any atom is -0.481 e. The van der Waals surface area contributed by atoms with Gasteiger partial charge in [-0.25, -0.2) is 4.39 Å². The number of pyridine rings is 1. The average Bonchev–Trinajstić information content (AvgIpc) is 2.75. The lowest BCUT2D eigenvalue weighted by Crippen LogP contribution is -2.44. The molecule has 1 aliphatic heterocycles. The van der Waals surface area contributed by atoms with E-state index in [-0.39, 0.29) is 29.7 Å². The van der Waals surface area contributed by atoms with Crippen molar-refractivity contribution in [1.82, 2.24) is 4.98 Å². The van der Waals surface area contributed by atoms with Crippen molar-refractivity contribution in [3.63, 3.8) is 0 Å². The second-order valence-electron chi connectivity index (χ2n) is 8.70. The van der Waals surface area contributed by atoms with Crippen molar-refractivity contribution in [3.8, 4) is 0 Å². The lowest BCUT2D eigenvalue weighted by molar-refractivity contribution is -0.278. The standard InChI is InChI=1S/C25H30FNO4/c1-25(2,15-18-10-12-21(26)13-11-18)24-30-17-20(7-4-3-5-9-22(28)29)23(31-24)19-8-6-14-27-16-19/h3-4,6,8,10-14,16,20,23-24H,5,7,9,15,17H2,1-2H3,(H,28,29)/b4-3-/t20-,23-,24+/m1/s1. The SMILES string of the molecule is CC(C)(Cc1ccc(F)cc1)[C@H]1OC[C@@H](C/C=C\CCC(=O)O)[C@@H](c2cccnc2)O1. The Bertz CT molecular complexity index is 867. The second-order valence-corrected chi connectivity index (χ2v) is 8.70. The maximum atomic E-state index is 13.3. The molecular weight excluding hydrogens is 397 g/mol. The number of aromatic nitrogens is 1. The summed E-state index contributed by atoms with van der Waals surface area (Å²) in [7, 11) is 0. The van der Waals surface area contributed by atoms with Gasteiger partial charge in [0.1, 0.15) is 5.82 Å². The van der Waals surface area contributed by atoms with Gasteiger partial charge in [0, 0.05) is 30.1 Å². The first kappa shape index (κ1) is 23.1. The van der Waals surface area contributed by atoms with Crippen LogP contribution in [0.25, 0.3) is 0 Å². The van der Waals surface area contributed by atoms with Crippen LogP contribution in [-0.2, 0) is 20.7 Å². The second kappa shape index (κ2) is 10.6. The van der Waals surface area contributed by atoms with Crippen molar-refractivity contribution in [2.75, 3.05) is 6.61 Å². The molecule has 0 spiro atoms. The number of aliphatic carboxylic acids is 1. The molecule has 0 bridgehead atoms. The van der Waals surface area contributed by atoms with Crippen LogP contribution in [0.1, 0.15) is 50.3 Å². The minimum absolute atomic E-state index is 0.100. The summed E-state index contributed by atoms with van der Waals surface area (Å²) in [4.78, 5) is 14.9. The van der Waals surface area contributed by atoms with E-state index in [2.05, 4.69) is 18.8 Å². The summed E-state index contributed by atoms with van der Waals surface area (Å²) in [5.41, 5.74) is 1.71. The zero-order valence-corrected chi connectivity index (χ0v) is 18.0. The molecule has 1 aromatic heterocycles. The fourth-order valence-electron chi connectivity index (χ4n) is 3.89. The lowest BCUT2D eigenvalue weighted by atomic mass is 9.83. The quantitative estimate of drug-likeness (QED) is 0.548. The van der Waals surface area contributed by atoms with E-state index in [1.165, 1.54) is 12.1 Å². The molecule has 0 radical (unpaired) electrons. The van der Waals surface area contributed by atoms with Crippen LogP contribution in [0, 0.1) is 17.2 Å². The fraction of sp³-hybridized carbons (Fsp3) is 0.440. The zero-order chi connectivity index (χ0) is 22.3. The molecule has 3 atom stereocenters. The number of hydrogen-bond acceptors (Lipinski definition) is 4. The first-order chi connectivity index (χ1) is 14.8. The first-order valence-electron chi connectivity index (χ1n) is 10.6. The first-order valence-corrected chi connectivity index (χ1v) is 10.6. The van der Waals surface area contributed by atoms with Gasteiger partial charge in [0.2, 0.25) is 0 Å². The Morgan fingerprint density at radius 1 is 1.26 bits per heavy atom. The average molecular weight is 428 g/mol. The number of carboxylic acids is 1. The monoisotopic (exact) mass is 427 g/mol. The number of carboxylic acid groups (broad SMARTS) is 1. The molecule has 0 unspecified atom stereocenters. The van der Waals surface area contributed by atoms with Crippen molar-refractivity contribution >= 4 is 5.97 Å². The molecule has 1 aliphatic rings. The molecule has 0 saturated carbocycles. The van der Waals surface area contributed by atoms with Crippen LogP contribution in [0.2, 0.25) is 0 Å². The van der Waals surface area contributed by atoms with Crippen LogP contribution < -0.4 is 0 Å². The molecule has 0 amide bonds. The molecule has 31 heavy (non-hydrogen) atoms. The molecule has 1 fully saturated rings. The third-order valence-electron chi connectivity index (χ3n) is 5.51. The molecule has 0 aliphatic carbocycles. The number of benzene rings is 1. The summed E-state index contributed by atoms with van der Waals surface area (Å²) in [5.74, 6) is -0.945. The number of hydrogen-bond donors (Lipinski definition) is 1. The highest BCUT2D eigenvalue weighted by molar-refractivity contribution is 5.66. The van der Waals surface area contributed by atoms with Crippen molar-refractivity contribution in [2.24, 2.45) is 11.3 Å². The predicted molar refractivity (Wildman–Crippen MR) is 116 cm³/mol. The van der Waals surface area contributed by atoms with Crippen LogP contribution in [0.15, 0.2) is 60.9 Å². The van der Waals surface area contributed by atoms with Crippen LogP contribution in [0.4, 0.5) is 4.39 Å². The molecule has 3 rings (SSSR count). The lowest BCUT2D eigenvalue weighted by Gasteiger charge is -2.43. The Morgan fingerprint density at radius 2 is 2.03 bits per heavy atom. The number of nitrogens with zero attached hydrogens (tertiary/aromatic N) is 1. The van der Waals surface area contributed by atoms with Crippen LogP contribution in [0.5, 0.6) is 0 Å². The van der Waals surface area contributed by atoms with Crippen molar-refractivity contribution in [1.29, 1.82) is 0 Å². The van der Waals surface area contributed by atoms with Crippen molar-refractivity contribution < 1.29 is 23.8 Å². The molecule has 1 aromatic carbocycles. The Labute approximate surface area is 182 Å². The van der Waals surface area contributed by atoms with Gasteiger partial charge in [-0.05, 0) is 48.6 Å². The minimum atomic E-state index is -0.798. The summed E-state index contributed by atoms with van der Waals surface area (Å²) >= 11 is 0. The van der Waals surface area contributed by atoms with E-state index in [1.807, 2.05) is 30.5 Å². The van der Waals surface area contributed by atoms with Crippen LogP contribution in [0.3, 0.4) is 0 Å². The third-order valence-corrected chi connectivity index (χ3v) is 5.51. The number of rotatable bonds is 9. The van der Waals surface area contributed by atoms with Crippen LogP contribution >= 0.6 is 0 Å². The van der Waals surface area contributed by atoms with E-state index < -0.39 is 12.3 Å². The number of ether oxygens (including phenoxy) is 2. The Kier molecular flexibility index (Phi) is 7.93. The molecule has 5 nitrogen and oxygen atoms in total. The summed E-state index contributed by atoms with van der Waals surface area (Å²) in [6.45, 7) is 4.71. The fourth-order valence-corrected chi connectivity index (χ4v) is 3.89. The Balaban J connectivity index is 1.70. The van der Waals surface area contributed by atoms with E-state index in [0.29, 0.717) is 19.4 Å². The van der Waals surface area contributed by atoms with Gasteiger partial charge in [0.25, 0.3) is 0 Å². The van der Waals surface area contributed by atoms with Gasteiger partial charge in [-0.15, -0.1) is 0 Å². The highest BCUT2D eigenvalue weighted by Gasteiger charge is 2.40. The molecule has 1 saturated heterocycles. The van der Waals surface area contributed by atoms with Gasteiger partial charge in [0.05, 0.1) is 12.7 Å². The Morgan fingerprint density at radius 3 is 2.71 bits per heavy atom. The topological polar surface area (TPSA) is 68.7 Å². The van der Waals surface area contributed by atoms with Gasteiger partial charge in [-0.3, -0.25) is 9.78 Å². The highest BCUT2D eigenvalue weighted by atomic mass is 19.1. The van der Waals surface area contributed by atoms with Crippen molar-refractivity contribution in [3.05, 3.63) is 77.9 Å². The van der Waals surface area contributed by atoms with E-state index in [0.717, 1.165) is 17.5 Å². The number of carbonyl (C=O) groups is 1. The number of allylic oxidation sites excluding steroid dienone is 2. The van der Waals surface area contributed by atoms with E-state index >= 15 is 0 Å². The molecule has 2 heterocycles. The van der Waals surface area contributed by atoms with Crippen molar-refractivity contribution in [2.45, 2.75) is 51.9 Å². The van der Waals surface area contributed by atoms with E-state index in [1.54, 1.807) is 18.3 Å². The highest BCUT2D eigenvalue weighted by Crippen LogP contribution is 2.40. The predicted octanol–water partition coefficient (Wildman–Crippen LogP) is 5.33. The molecular formula is C25H30FNO4. The summed E-state index contributed by atoms with van der Waals surface area (Å²) in [6, 6.07) is 10.4. The molecule has 166 valence electrons. The van der Waals surface area contributed by atoms with Gasteiger partial charge >= 0.3 is 5.97 Å². The van der Waals surface area contributed by atoms with Gasteiger partial charge in [-0.2, -0.15) is 0 Å². The number of halogens is 1. The van der Waals surface area contributed by atoms with E-state index in [9.17, 15) is 9.18 Å². The largest absolute Gasteiger partial charge is 0.481 e. The maximum absolute atomic E-state index is 13.3. The summed E-state index contributed by atoms with van der Waals surface area (Å²) in [5, 5.41) is 8.78. The molecule has 1 N–H and O–H groups in total. The molecule has 6 heteroatoms. The maximum Gasteiger partial charge on any atom is 0.303 e. The summed E-state index contributed by atoms with van der Waals surface area (Å²) in [6.07, 6.45) is 8.92. The zero-order valence-electron chi connectivity index (χ0n) is 18.0. The van der Waals surface area contributed by atoms with Gasteiger partial charge in [-0.1, -0.05) is 44.2 Å². The normalized spacial score (nSPS) is 22.0. The molecule has 2 aromatic rings. The van der Waals surface area contributed by atoms with Gasteiger partial charge < -0.3 is 14.6 Å². The summed E-state index contributed by atoms with van der Waals surface area (Å²) < 4.78 is 25.9. The van der Waals surface area contributed by atoms with Crippen LogP contribution in [-0.4, -0.2) is 29.0 Å². The third kappa shape index (κ3) is 6.71. The van der Waals surface area contributed by atoms with E-state index in [4.69, 9.17) is 14.6 Å². The Hall–Kier alpha value is -2.57. The smallest absolute Gasteiger partial charge is 0.303 e. The van der Waals surface area contributed by atoms with Gasteiger partial charge in [0.15, 0.2) is 6.29 Å².